The number of halogens is 1. The summed E-state index contributed by atoms with van der Waals surface area (Å²) in [5, 5.41) is 9.83. The minimum absolute atomic E-state index is 0.589. The van der Waals surface area contributed by atoms with Crippen molar-refractivity contribution in [2.45, 2.75) is 0 Å². The molecule has 6 heteroatoms. The van der Waals surface area contributed by atoms with Crippen LogP contribution in [0.15, 0.2) is 36.7 Å². The number of aromatic nitrogens is 2. The van der Waals surface area contributed by atoms with E-state index in [1.165, 1.54) is 0 Å². The van der Waals surface area contributed by atoms with Crippen molar-refractivity contribution in [3.63, 3.8) is 0 Å². The molecule has 0 atom stereocenters. The van der Waals surface area contributed by atoms with Crippen molar-refractivity contribution in [1.82, 2.24) is 9.97 Å². The van der Waals surface area contributed by atoms with E-state index in [1.807, 2.05) is 18.2 Å². The Labute approximate surface area is 128 Å². The van der Waals surface area contributed by atoms with Crippen molar-refractivity contribution < 1.29 is 0 Å². The smallest absolute Gasteiger partial charge is 0.225 e. The molecule has 0 amide bonds. The number of rotatable bonds is 2. The zero-order valence-corrected chi connectivity index (χ0v) is 12.2. The molecule has 1 saturated heterocycles. The van der Waals surface area contributed by atoms with Crippen LogP contribution in [0.4, 0.5) is 11.6 Å². The van der Waals surface area contributed by atoms with Gasteiger partial charge in [-0.05, 0) is 24.3 Å². The van der Waals surface area contributed by atoms with Crippen LogP contribution < -0.4 is 9.80 Å². The standard InChI is InChI=1S/C15H14ClN5/c16-13-2-3-14(12(10-13)11-17)20-6-8-21(9-7-20)15-18-4-1-5-19-15/h1-5,10H,6-9H2. The maximum absolute atomic E-state index is 9.24. The average Bonchev–Trinajstić information content (AvgIpc) is 2.56. The van der Waals surface area contributed by atoms with E-state index < -0.39 is 0 Å². The van der Waals surface area contributed by atoms with Crippen LogP contribution in [0, 0.1) is 11.3 Å². The second-order valence-corrected chi connectivity index (χ2v) is 5.23. The first-order valence-corrected chi connectivity index (χ1v) is 7.12. The SMILES string of the molecule is N#Cc1cc(Cl)ccc1N1CCN(c2ncccn2)CC1. The predicted octanol–water partition coefficient (Wildman–Crippen LogP) is 2.33. The van der Waals surface area contributed by atoms with Crippen LogP contribution in [0.3, 0.4) is 0 Å². The summed E-state index contributed by atoms with van der Waals surface area (Å²) in [6.45, 7) is 3.32. The summed E-state index contributed by atoms with van der Waals surface area (Å²) in [7, 11) is 0. The van der Waals surface area contributed by atoms with E-state index in [0.29, 0.717) is 10.6 Å². The number of benzene rings is 1. The Balaban J connectivity index is 1.73. The summed E-state index contributed by atoms with van der Waals surface area (Å²) >= 11 is 5.94. The number of piperazine rings is 1. The molecule has 3 rings (SSSR count). The first-order valence-electron chi connectivity index (χ1n) is 6.74. The van der Waals surface area contributed by atoms with E-state index in [0.717, 1.165) is 37.8 Å². The van der Waals surface area contributed by atoms with Gasteiger partial charge < -0.3 is 9.80 Å². The Morgan fingerprint density at radius 3 is 2.38 bits per heavy atom. The highest BCUT2D eigenvalue weighted by Gasteiger charge is 2.20. The molecular weight excluding hydrogens is 286 g/mol. The van der Waals surface area contributed by atoms with Gasteiger partial charge >= 0.3 is 0 Å². The lowest BCUT2D eigenvalue weighted by Crippen LogP contribution is -2.47. The van der Waals surface area contributed by atoms with E-state index in [2.05, 4.69) is 25.8 Å². The van der Waals surface area contributed by atoms with Gasteiger partial charge in [0.15, 0.2) is 0 Å². The lowest BCUT2D eigenvalue weighted by molar-refractivity contribution is 0.639. The highest BCUT2D eigenvalue weighted by Crippen LogP contribution is 2.25. The fourth-order valence-corrected chi connectivity index (χ4v) is 2.65. The van der Waals surface area contributed by atoms with Gasteiger partial charge in [0.1, 0.15) is 6.07 Å². The highest BCUT2D eigenvalue weighted by atomic mass is 35.5. The summed E-state index contributed by atoms with van der Waals surface area (Å²) < 4.78 is 0. The van der Waals surface area contributed by atoms with Gasteiger partial charge in [-0.25, -0.2) is 9.97 Å². The van der Waals surface area contributed by atoms with Crippen molar-refractivity contribution in [3.8, 4) is 6.07 Å². The second-order valence-electron chi connectivity index (χ2n) is 4.80. The minimum Gasteiger partial charge on any atom is -0.367 e. The third kappa shape index (κ3) is 2.91. The van der Waals surface area contributed by atoms with Gasteiger partial charge in [-0.1, -0.05) is 11.6 Å². The Hall–Kier alpha value is -2.32. The summed E-state index contributed by atoms with van der Waals surface area (Å²) in [4.78, 5) is 12.9. The van der Waals surface area contributed by atoms with Gasteiger partial charge in [0.05, 0.1) is 11.3 Å². The third-order valence-corrected chi connectivity index (χ3v) is 3.77. The summed E-state index contributed by atoms with van der Waals surface area (Å²) in [6, 6.07) is 9.47. The quantitative estimate of drug-likeness (QED) is 0.852. The van der Waals surface area contributed by atoms with Crippen LogP contribution >= 0.6 is 11.6 Å². The third-order valence-electron chi connectivity index (χ3n) is 3.53. The number of hydrogen-bond donors (Lipinski definition) is 0. The molecule has 1 aliphatic heterocycles. The Morgan fingerprint density at radius 2 is 1.71 bits per heavy atom. The molecule has 0 spiro atoms. The molecule has 2 heterocycles. The van der Waals surface area contributed by atoms with Crippen molar-refractivity contribution in [3.05, 3.63) is 47.2 Å². The molecule has 0 aliphatic carbocycles. The Morgan fingerprint density at radius 1 is 1.05 bits per heavy atom. The van der Waals surface area contributed by atoms with Crippen molar-refractivity contribution >= 4 is 23.2 Å². The minimum atomic E-state index is 0.589. The van der Waals surface area contributed by atoms with Gasteiger partial charge in [-0.15, -0.1) is 0 Å². The number of nitriles is 1. The molecule has 0 N–H and O–H groups in total. The lowest BCUT2D eigenvalue weighted by atomic mass is 10.1. The Kier molecular flexibility index (Phi) is 3.89. The molecule has 1 aromatic carbocycles. The van der Waals surface area contributed by atoms with Crippen molar-refractivity contribution in [1.29, 1.82) is 5.26 Å². The highest BCUT2D eigenvalue weighted by molar-refractivity contribution is 6.30. The molecule has 1 aliphatic rings. The fourth-order valence-electron chi connectivity index (χ4n) is 2.48. The van der Waals surface area contributed by atoms with Crippen molar-refractivity contribution in [2.75, 3.05) is 36.0 Å². The second kappa shape index (κ2) is 5.98. The molecule has 21 heavy (non-hydrogen) atoms. The maximum atomic E-state index is 9.24. The molecule has 1 fully saturated rings. The first kappa shape index (κ1) is 13.7. The fraction of sp³-hybridized carbons (Fsp3) is 0.267. The monoisotopic (exact) mass is 299 g/mol. The normalized spacial score (nSPS) is 14.9. The zero-order valence-electron chi connectivity index (χ0n) is 11.4. The van der Waals surface area contributed by atoms with E-state index in [9.17, 15) is 5.26 Å². The number of nitrogens with zero attached hydrogens (tertiary/aromatic N) is 5. The molecule has 0 saturated carbocycles. The van der Waals surface area contributed by atoms with E-state index in [1.54, 1.807) is 18.5 Å². The van der Waals surface area contributed by atoms with Crippen LogP contribution in [0.25, 0.3) is 0 Å². The molecule has 1 aromatic heterocycles. The van der Waals surface area contributed by atoms with Gasteiger partial charge in [-0.2, -0.15) is 5.26 Å². The summed E-state index contributed by atoms with van der Waals surface area (Å²) in [5.74, 6) is 0.758. The van der Waals surface area contributed by atoms with Crippen LogP contribution in [0.5, 0.6) is 0 Å². The van der Waals surface area contributed by atoms with E-state index in [4.69, 9.17) is 11.6 Å². The van der Waals surface area contributed by atoms with E-state index in [-0.39, 0.29) is 0 Å². The van der Waals surface area contributed by atoms with Gasteiger partial charge in [0.2, 0.25) is 5.95 Å². The van der Waals surface area contributed by atoms with Crippen LogP contribution in [0.2, 0.25) is 5.02 Å². The van der Waals surface area contributed by atoms with Gasteiger partial charge in [0, 0.05) is 43.6 Å². The van der Waals surface area contributed by atoms with Crippen LogP contribution in [0.1, 0.15) is 5.56 Å². The zero-order chi connectivity index (χ0) is 14.7. The summed E-state index contributed by atoms with van der Waals surface area (Å²) in [5.41, 5.74) is 1.56. The number of anilines is 2. The van der Waals surface area contributed by atoms with Crippen LogP contribution in [-0.2, 0) is 0 Å². The molecular formula is C15H14ClN5. The molecule has 2 aromatic rings. The first-order chi connectivity index (χ1) is 10.3. The average molecular weight is 300 g/mol. The lowest BCUT2D eigenvalue weighted by Gasteiger charge is -2.36. The molecule has 0 bridgehead atoms. The van der Waals surface area contributed by atoms with Gasteiger partial charge in [-0.3, -0.25) is 0 Å². The van der Waals surface area contributed by atoms with Crippen LogP contribution in [-0.4, -0.2) is 36.1 Å². The molecule has 0 unspecified atom stereocenters. The number of hydrogen-bond acceptors (Lipinski definition) is 5. The maximum Gasteiger partial charge on any atom is 0.225 e. The largest absolute Gasteiger partial charge is 0.367 e. The predicted molar refractivity (Wildman–Crippen MR) is 82.6 cm³/mol. The molecule has 0 radical (unpaired) electrons. The Bertz CT molecular complexity index is 660. The van der Waals surface area contributed by atoms with E-state index >= 15 is 0 Å². The van der Waals surface area contributed by atoms with Gasteiger partial charge in [0.25, 0.3) is 0 Å². The molecule has 5 nitrogen and oxygen atoms in total. The van der Waals surface area contributed by atoms with Crippen molar-refractivity contribution in [2.24, 2.45) is 0 Å². The topological polar surface area (TPSA) is 56.1 Å². The molecule has 106 valence electrons. The summed E-state index contributed by atoms with van der Waals surface area (Å²) in [6.07, 6.45) is 3.50.